The van der Waals surface area contributed by atoms with Crippen LogP contribution in [-0.4, -0.2) is 90.6 Å². The van der Waals surface area contributed by atoms with Gasteiger partial charge in [0.15, 0.2) is 5.76 Å². The summed E-state index contributed by atoms with van der Waals surface area (Å²) in [6.45, 7) is 10.9. The van der Waals surface area contributed by atoms with Gasteiger partial charge in [-0.25, -0.2) is 4.79 Å². The number of fused-ring (bicyclic) bond motifs is 1. The van der Waals surface area contributed by atoms with Crippen molar-refractivity contribution < 1.29 is 28.7 Å². The van der Waals surface area contributed by atoms with Gasteiger partial charge < -0.3 is 39.5 Å². The molecule has 0 saturated carbocycles. The van der Waals surface area contributed by atoms with Gasteiger partial charge in [0.05, 0.1) is 30.4 Å². The molecular formula is C29H45N5O6. The highest BCUT2D eigenvalue weighted by atomic mass is 16.5. The Labute approximate surface area is 237 Å². The Bertz CT molecular complexity index is 1120. The number of carbonyl (C=O) groups excluding carboxylic acids is 2. The number of benzene rings is 1. The topological polar surface area (TPSA) is 129 Å². The number of hydrogen-bond donors (Lipinski definition) is 3. The first-order chi connectivity index (χ1) is 19.0. The predicted molar refractivity (Wildman–Crippen MR) is 154 cm³/mol. The molecule has 1 aromatic heterocycles. The van der Waals surface area contributed by atoms with E-state index in [0.29, 0.717) is 47.3 Å². The standard InChI is InChI=1S/C29H45N5O6/c1-18-15-34(19(2)17-35)28(36)24-14-23(30-29(37)31-27-21(4)32-40-22(27)5)11-12-25(24)39-20(3)10-8-9-13-38-26(18)16-33(6)7/h11-12,14,18-20,26,35H,8-10,13,15-17H2,1-7H3,(H2,30,31,37)/t18-,19-,20-,26+/m1/s1. The Balaban J connectivity index is 1.94. The van der Waals surface area contributed by atoms with E-state index in [2.05, 4.69) is 27.6 Å². The van der Waals surface area contributed by atoms with Gasteiger partial charge in [0.25, 0.3) is 5.91 Å². The lowest BCUT2D eigenvalue weighted by molar-refractivity contribution is -0.0137. The molecule has 222 valence electrons. The number of amides is 3. The zero-order chi connectivity index (χ0) is 29.4. The first kappa shape index (κ1) is 31.4. The summed E-state index contributed by atoms with van der Waals surface area (Å²) in [6.07, 6.45) is 2.45. The van der Waals surface area contributed by atoms with Gasteiger partial charge in [-0.15, -0.1) is 0 Å². The Morgan fingerprint density at radius 3 is 2.62 bits per heavy atom. The van der Waals surface area contributed by atoms with E-state index in [0.717, 1.165) is 25.8 Å². The van der Waals surface area contributed by atoms with Crippen molar-refractivity contribution in [3.05, 3.63) is 35.2 Å². The van der Waals surface area contributed by atoms with Crippen molar-refractivity contribution in [3.63, 3.8) is 0 Å². The zero-order valence-corrected chi connectivity index (χ0v) is 24.8. The van der Waals surface area contributed by atoms with Crippen molar-refractivity contribution in [2.45, 2.75) is 72.1 Å². The molecular weight excluding hydrogens is 514 g/mol. The number of aromatic nitrogens is 1. The minimum absolute atomic E-state index is 0.00807. The van der Waals surface area contributed by atoms with Crippen LogP contribution in [0.1, 0.15) is 61.8 Å². The molecule has 3 amide bonds. The van der Waals surface area contributed by atoms with Crippen molar-refractivity contribution >= 4 is 23.3 Å². The van der Waals surface area contributed by atoms with Gasteiger partial charge >= 0.3 is 6.03 Å². The summed E-state index contributed by atoms with van der Waals surface area (Å²) in [4.78, 5) is 30.6. The SMILES string of the molecule is Cc1noc(C)c1NC(=O)Nc1ccc2c(c1)C(=O)N([C@H](C)CO)C[C@@H](C)[C@H](CN(C)C)OCCCC[C@@H](C)O2. The third-order valence-electron chi connectivity index (χ3n) is 7.13. The fraction of sp³-hybridized carbons (Fsp3) is 0.621. The van der Waals surface area contributed by atoms with Crippen LogP contribution in [0, 0.1) is 19.8 Å². The molecule has 0 saturated heterocycles. The summed E-state index contributed by atoms with van der Waals surface area (Å²) in [7, 11) is 4.01. The van der Waals surface area contributed by atoms with Crippen LogP contribution in [0.5, 0.6) is 5.75 Å². The molecule has 40 heavy (non-hydrogen) atoms. The summed E-state index contributed by atoms with van der Waals surface area (Å²) in [6, 6.07) is 4.11. The van der Waals surface area contributed by atoms with E-state index in [1.54, 1.807) is 36.9 Å². The van der Waals surface area contributed by atoms with Crippen molar-refractivity contribution in [2.75, 3.05) is 51.0 Å². The molecule has 0 spiro atoms. The number of nitrogens with zero attached hydrogens (tertiary/aromatic N) is 3. The third-order valence-corrected chi connectivity index (χ3v) is 7.13. The second-order valence-electron chi connectivity index (χ2n) is 11.1. The van der Waals surface area contributed by atoms with Crippen LogP contribution in [0.25, 0.3) is 0 Å². The van der Waals surface area contributed by atoms with Gasteiger partial charge in [-0.2, -0.15) is 0 Å². The summed E-state index contributed by atoms with van der Waals surface area (Å²) in [5.74, 6) is 0.656. The lowest BCUT2D eigenvalue weighted by Crippen LogP contribution is -2.47. The highest BCUT2D eigenvalue weighted by Gasteiger charge is 2.30. The average Bonchev–Trinajstić information content (AvgIpc) is 3.22. The molecule has 4 atom stereocenters. The van der Waals surface area contributed by atoms with E-state index in [-0.39, 0.29) is 30.6 Å². The number of aliphatic hydroxyl groups excluding tert-OH is 1. The minimum Gasteiger partial charge on any atom is -0.490 e. The molecule has 0 bridgehead atoms. The van der Waals surface area contributed by atoms with Gasteiger partial charge in [0.1, 0.15) is 17.1 Å². The summed E-state index contributed by atoms with van der Waals surface area (Å²) in [5, 5.41) is 19.5. The quantitative estimate of drug-likeness (QED) is 0.478. The fourth-order valence-corrected chi connectivity index (χ4v) is 4.76. The van der Waals surface area contributed by atoms with Crippen molar-refractivity contribution in [1.29, 1.82) is 0 Å². The molecule has 3 N–H and O–H groups in total. The van der Waals surface area contributed by atoms with Gasteiger partial charge in [-0.05, 0) is 79.3 Å². The maximum Gasteiger partial charge on any atom is 0.323 e. The molecule has 1 aliphatic rings. The molecule has 11 heteroatoms. The van der Waals surface area contributed by atoms with E-state index in [4.69, 9.17) is 14.0 Å². The largest absolute Gasteiger partial charge is 0.490 e. The highest BCUT2D eigenvalue weighted by Crippen LogP contribution is 2.29. The maximum absolute atomic E-state index is 14.1. The number of hydrogen-bond acceptors (Lipinski definition) is 8. The van der Waals surface area contributed by atoms with E-state index in [9.17, 15) is 14.7 Å². The van der Waals surface area contributed by atoms with Crippen LogP contribution in [-0.2, 0) is 4.74 Å². The Hall–Kier alpha value is -3.15. The number of aryl methyl sites for hydroxylation is 2. The second-order valence-corrected chi connectivity index (χ2v) is 11.1. The first-order valence-corrected chi connectivity index (χ1v) is 14.0. The summed E-state index contributed by atoms with van der Waals surface area (Å²) < 4.78 is 17.6. The van der Waals surface area contributed by atoms with Gasteiger partial charge in [-0.1, -0.05) is 12.1 Å². The van der Waals surface area contributed by atoms with Crippen LogP contribution in [0.3, 0.4) is 0 Å². The number of carbonyl (C=O) groups is 2. The van der Waals surface area contributed by atoms with Gasteiger partial charge in [-0.3, -0.25) is 4.79 Å². The van der Waals surface area contributed by atoms with Crippen LogP contribution < -0.4 is 15.4 Å². The smallest absolute Gasteiger partial charge is 0.323 e. The van der Waals surface area contributed by atoms with E-state index < -0.39 is 12.1 Å². The maximum atomic E-state index is 14.1. The molecule has 2 aromatic rings. The van der Waals surface area contributed by atoms with E-state index in [1.165, 1.54) is 0 Å². The fourth-order valence-electron chi connectivity index (χ4n) is 4.76. The van der Waals surface area contributed by atoms with Crippen molar-refractivity contribution in [2.24, 2.45) is 5.92 Å². The lowest BCUT2D eigenvalue weighted by atomic mass is 10.0. The van der Waals surface area contributed by atoms with Crippen LogP contribution >= 0.6 is 0 Å². The molecule has 0 fully saturated rings. The monoisotopic (exact) mass is 559 g/mol. The van der Waals surface area contributed by atoms with Crippen LogP contribution in [0.15, 0.2) is 22.7 Å². The Morgan fingerprint density at radius 2 is 1.98 bits per heavy atom. The number of rotatable bonds is 6. The Morgan fingerprint density at radius 1 is 1.23 bits per heavy atom. The number of aliphatic hydroxyl groups is 1. The van der Waals surface area contributed by atoms with E-state index in [1.807, 2.05) is 27.9 Å². The highest BCUT2D eigenvalue weighted by molar-refractivity contribution is 6.03. The molecule has 2 heterocycles. The van der Waals surface area contributed by atoms with Gasteiger partial charge in [0, 0.05) is 31.3 Å². The number of ether oxygens (including phenoxy) is 2. The molecule has 0 radical (unpaired) electrons. The molecule has 1 aliphatic heterocycles. The van der Waals surface area contributed by atoms with Crippen molar-refractivity contribution in [1.82, 2.24) is 15.0 Å². The second kappa shape index (κ2) is 14.5. The number of urea groups is 1. The molecule has 11 nitrogen and oxygen atoms in total. The third kappa shape index (κ3) is 8.42. The number of nitrogens with one attached hydrogen (secondary N) is 2. The number of anilines is 2. The Kier molecular flexibility index (Phi) is 11.4. The average molecular weight is 560 g/mol. The van der Waals surface area contributed by atoms with Gasteiger partial charge in [0.2, 0.25) is 0 Å². The summed E-state index contributed by atoms with van der Waals surface area (Å²) >= 11 is 0. The van der Waals surface area contributed by atoms with Crippen LogP contribution in [0.4, 0.5) is 16.2 Å². The zero-order valence-electron chi connectivity index (χ0n) is 24.8. The minimum atomic E-state index is -0.491. The van der Waals surface area contributed by atoms with Crippen molar-refractivity contribution in [3.8, 4) is 5.75 Å². The molecule has 0 unspecified atom stereocenters. The van der Waals surface area contributed by atoms with E-state index >= 15 is 0 Å². The predicted octanol–water partition coefficient (Wildman–Crippen LogP) is 4.29. The van der Waals surface area contributed by atoms with Crippen LogP contribution in [0.2, 0.25) is 0 Å². The summed E-state index contributed by atoms with van der Waals surface area (Å²) in [5.41, 5.74) is 1.80. The normalized spacial score (nSPS) is 21.8. The number of likely N-dealkylation sites (N-methyl/N-ethyl adjacent to an activating group) is 1. The first-order valence-electron chi connectivity index (χ1n) is 14.0. The molecule has 1 aromatic carbocycles. The lowest BCUT2D eigenvalue weighted by Gasteiger charge is -2.35. The molecule has 3 rings (SSSR count). The molecule has 0 aliphatic carbocycles.